The van der Waals surface area contributed by atoms with Gasteiger partial charge in [-0.1, -0.05) is 29.3 Å². The predicted octanol–water partition coefficient (Wildman–Crippen LogP) is 3.48. The molecule has 0 fully saturated rings. The SMILES string of the molecule is CN(C)C(CNC(=O)c1nc(Cl)ccc1Cl)c1cccs1. The molecule has 2 aromatic heterocycles. The smallest absolute Gasteiger partial charge is 0.271 e. The fourth-order valence-corrected chi connectivity index (χ4v) is 3.13. The predicted molar refractivity (Wildman–Crippen MR) is 87.3 cm³/mol. The summed E-state index contributed by atoms with van der Waals surface area (Å²) in [6, 6.07) is 7.26. The third-order valence-corrected chi connectivity index (χ3v) is 4.47. The molecule has 1 N–H and O–H groups in total. The van der Waals surface area contributed by atoms with Gasteiger partial charge in [-0.2, -0.15) is 0 Å². The van der Waals surface area contributed by atoms with Crippen molar-refractivity contribution in [2.24, 2.45) is 0 Å². The van der Waals surface area contributed by atoms with Crippen molar-refractivity contribution in [1.29, 1.82) is 0 Å². The molecule has 0 aliphatic heterocycles. The van der Waals surface area contributed by atoms with E-state index in [2.05, 4.69) is 15.2 Å². The number of aromatic nitrogens is 1. The second-order valence-electron chi connectivity index (χ2n) is 4.67. The lowest BCUT2D eigenvalue weighted by atomic mass is 10.2. The van der Waals surface area contributed by atoms with Gasteiger partial charge in [0.1, 0.15) is 10.8 Å². The number of thiophene rings is 1. The number of amides is 1. The van der Waals surface area contributed by atoms with Crippen molar-refractivity contribution in [3.8, 4) is 0 Å². The molecule has 0 saturated heterocycles. The highest BCUT2D eigenvalue weighted by Gasteiger charge is 2.18. The number of pyridine rings is 1. The van der Waals surface area contributed by atoms with E-state index in [1.54, 1.807) is 23.5 Å². The van der Waals surface area contributed by atoms with Gasteiger partial charge in [0.2, 0.25) is 0 Å². The van der Waals surface area contributed by atoms with Crippen LogP contribution in [0.1, 0.15) is 21.4 Å². The van der Waals surface area contributed by atoms with E-state index in [1.807, 2.05) is 31.6 Å². The maximum absolute atomic E-state index is 12.2. The van der Waals surface area contributed by atoms with Gasteiger partial charge in [-0.15, -0.1) is 11.3 Å². The molecule has 0 aromatic carbocycles. The van der Waals surface area contributed by atoms with Crippen molar-refractivity contribution in [1.82, 2.24) is 15.2 Å². The zero-order chi connectivity index (χ0) is 15.4. The molecule has 2 aromatic rings. The van der Waals surface area contributed by atoms with Crippen molar-refractivity contribution in [2.75, 3.05) is 20.6 Å². The first-order valence-electron chi connectivity index (χ1n) is 6.29. The van der Waals surface area contributed by atoms with Gasteiger partial charge in [0.05, 0.1) is 11.1 Å². The molecule has 2 rings (SSSR count). The molecular formula is C14H15Cl2N3OS. The first-order valence-corrected chi connectivity index (χ1v) is 7.92. The number of halogens is 2. The highest BCUT2D eigenvalue weighted by atomic mass is 35.5. The minimum absolute atomic E-state index is 0.104. The molecule has 0 saturated carbocycles. The summed E-state index contributed by atoms with van der Waals surface area (Å²) in [5, 5.41) is 5.40. The van der Waals surface area contributed by atoms with Crippen molar-refractivity contribution >= 4 is 40.4 Å². The van der Waals surface area contributed by atoms with Gasteiger partial charge in [0, 0.05) is 11.4 Å². The fraction of sp³-hybridized carbons (Fsp3) is 0.286. The van der Waals surface area contributed by atoms with Gasteiger partial charge >= 0.3 is 0 Å². The average Bonchev–Trinajstić information content (AvgIpc) is 2.95. The Morgan fingerprint density at radius 3 is 2.76 bits per heavy atom. The molecule has 2 heterocycles. The highest BCUT2D eigenvalue weighted by Crippen LogP contribution is 2.23. The van der Waals surface area contributed by atoms with Gasteiger partial charge in [-0.05, 0) is 37.7 Å². The molecule has 0 radical (unpaired) electrons. The molecule has 0 aliphatic carbocycles. The fourth-order valence-electron chi connectivity index (χ4n) is 1.87. The van der Waals surface area contributed by atoms with Crippen molar-refractivity contribution in [3.63, 3.8) is 0 Å². The molecule has 1 unspecified atom stereocenters. The quantitative estimate of drug-likeness (QED) is 0.845. The van der Waals surface area contributed by atoms with Crippen LogP contribution in [-0.4, -0.2) is 36.4 Å². The number of hydrogen-bond donors (Lipinski definition) is 1. The summed E-state index contributed by atoms with van der Waals surface area (Å²) in [7, 11) is 3.95. The molecule has 0 spiro atoms. The summed E-state index contributed by atoms with van der Waals surface area (Å²) >= 11 is 13.4. The number of nitrogens with one attached hydrogen (secondary N) is 1. The molecule has 1 atom stereocenters. The van der Waals surface area contributed by atoms with Gasteiger partial charge in [-0.3, -0.25) is 4.79 Å². The van der Waals surface area contributed by atoms with E-state index >= 15 is 0 Å². The van der Waals surface area contributed by atoms with Crippen LogP contribution < -0.4 is 5.32 Å². The van der Waals surface area contributed by atoms with Crippen LogP contribution in [0.4, 0.5) is 0 Å². The molecule has 7 heteroatoms. The summed E-state index contributed by atoms with van der Waals surface area (Å²) in [5.74, 6) is -0.328. The highest BCUT2D eigenvalue weighted by molar-refractivity contribution is 7.10. The maximum Gasteiger partial charge on any atom is 0.271 e. The Hall–Kier alpha value is -1.14. The van der Waals surface area contributed by atoms with Crippen molar-refractivity contribution in [2.45, 2.75) is 6.04 Å². The second kappa shape index (κ2) is 7.22. The van der Waals surface area contributed by atoms with Crippen LogP contribution in [-0.2, 0) is 0 Å². The summed E-state index contributed by atoms with van der Waals surface area (Å²) < 4.78 is 0. The van der Waals surface area contributed by atoms with Crippen LogP contribution in [0, 0.1) is 0 Å². The Bertz CT molecular complexity index is 617. The largest absolute Gasteiger partial charge is 0.349 e. The van der Waals surface area contributed by atoms with E-state index in [0.29, 0.717) is 6.54 Å². The van der Waals surface area contributed by atoms with Gasteiger partial charge < -0.3 is 10.2 Å². The summed E-state index contributed by atoms with van der Waals surface area (Å²) in [5.41, 5.74) is 0.146. The van der Waals surface area contributed by atoms with E-state index in [9.17, 15) is 4.79 Å². The zero-order valence-electron chi connectivity index (χ0n) is 11.6. The number of carbonyl (C=O) groups excluding carboxylic acids is 1. The monoisotopic (exact) mass is 343 g/mol. The number of hydrogen-bond acceptors (Lipinski definition) is 4. The number of carbonyl (C=O) groups is 1. The number of likely N-dealkylation sites (N-methyl/N-ethyl adjacent to an activating group) is 1. The van der Waals surface area contributed by atoms with Crippen molar-refractivity contribution in [3.05, 3.63) is 50.4 Å². The Morgan fingerprint density at radius 1 is 1.38 bits per heavy atom. The van der Waals surface area contributed by atoms with E-state index in [1.165, 1.54) is 4.88 Å². The third kappa shape index (κ3) is 4.17. The Morgan fingerprint density at radius 2 is 2.14 bits per heavy atom. The molecule has 0 aliphatic rings. The Labute approximate surface area is 137 Å². The third-order valence-electron chi connectivity index (χ3n) is 2.98. The average molecular weight is 344 g/mol. The van der Waals surface area contributed by atoms with Crippen molar-refractivity contribution < 1.29 is 4.79 Å². The minimum Gasteiger partial charge on any atom is -0.349 e. The van der Waals surface area contributed by atoms with Crippen LogP contribution in [0.2, 0.25) is 10.2 Å². The summed E-state index contributed by atoms with van der Waals surface area (Å²) in [6.45, 7) is 0.469. The molecule has 0 bridgehead atoms. The van der Waals surface area contributed by atoms with Crippen LogP contribution >= 0.6 is 34.5 Å². The lowest BCUT2D eigenvalue weighted by Gasteiger charge is -2.23. The van der Waals surface area contributed by atoms with E-state index in [4.69, 9.17) is 23.2 Å². The molecule has 21 heavy (non-hydrogen) atoms. The Kier molecular flexibility index (Phi) is 5.58. The number of nitrogens with zero attached hydrogens (tertiary/aromatic N) is 2. The second-order valence-corrected chi connectivity index (χ2v) is 6.44. The van der Waals surface area contributed by atoms with E-state index < -0.39 is 0 Å². The topological polar surface area (TPSA) is 45.2 Å². The van der Waals surface area contributed by atoms with Crippen LogP contribution in [0.25, 0.3) is 0 Å². The van der Waals surface area contributed by atoms with E-state index in [0.717, 1.165) is 0 Å². The van der Waals surface area contributed by atoms with Gasteiger partial charge in [0.15, 0.2) is 0 Å². The molecule has 112 valence electrons. The lowest BCUT2D eigenvalue weighted by molar-refractivity contribution is 0.0937. The molecule has 1 amide bonds. The standard InChI is InChI=1S/C14H15Cl2N3OS/c1-19(2)10(11-4-3-7-21-11)8-17-14(20)13-9(15)5-6-12(16)18-13/h3-7,10H,8H2,1-2H3,(H,17,20). The first kappa shape index (κ1) is 16.2. The maximum atomic E-state index is 12.2. The zero-order valence-corrected chi connectivity index (χ0v) is 14.0. The van der Waals surface area contributed by atoms with Gasteiger partial charge in [-0.25, -0.2) is 4.98 Å². The van der Waals surface area contributed by atoms with E-state index in [-0.39, 0.29) is 27.8 Å². The van der Waals surface area contributed by atoms with Crippen LogP contribution in [0.15, 0.2) is 29.6 Å². The Balaban J connectivity index is 2.07. The molecular weight excluding hydrogens is 329 g/mol. The minimum atomic E-state index is -0.328. The van der Waals surface area contributed by atoms with Crippen LogP contribution in [0.3, 0.4) is 0 Å². The molecule has 4 nitrogen and oxygen atoms in total. The lowest BCUT2D eigenvalue weighted by Crippen LogP contribution is -2.34. The summed E-state index contributed by atoms with van der Waals surface area (Å²) in [4.78, 5) is 19.4. The first-order chi connectivity index (χ1) is 9.99. The normalized spacial score (nSPS) is 12.4. The van der Waals surface area contributed by atoms with Crippen LogP contribution in [0.5, 0.6) is 0 Å². The van der Waals surface area contributed by atoms with Gasteiger partial charge in [0.25, 0.3) is 5.91 Å². The summed E-state index contributed by atoms with van der Waals surface area (Å²) in [6.07, 6.45) is 0. The number of rotatable bonds is 5.